The molecule has 5 nitrogen and oxygen atoms in total. The lowest BCUT2D eigenvalue weighted by Crippen LogP contribution is -2.50. The van der Waals surface area contributed by atoms with Gasteiger partial charge in [0, 0.05) is 38.3 Å². The van der Waals surface area contributed by atoms with E-state index in [1.54, 1.807) is 17.3 Å². The van der Waals surface area contributed by atoms with E-state index in [1.165, 1.54) is 0 Å². The number of hydrogen-bond donors (Lipinski definition) is 1. The smallest absolute Gasteiger partial charge is 0.243 e. The average molecular weight is 478 g/mol. The summed E-state index contributed by atoms with van der Waals surface area (Å²) in [5.74, 6) is -0.206. The number of rotatable bonds is 11. The number of carbonyl (C=O) groups excluding carboxylic acids is 2. The van der Waals surface area contributed by atoms with Crippen LogP contribution in [0.25, 0.3) is 0 Å². The Hall–Kier alpha value is -4.25. The van der Waals surface area contributed by atoms with Crippen molar-refractivity contribution in [3.63, 3.8) is 0 Å². The van der Waals surface area contributed by atoms with Crippen LogP contribution in [0.5, 0.6) is 0 Å². The number of pyridine rings is 1. The highest BCUT2D eigenvalue weighted by Crippen LogP contribution is 2.17. The molecule has 2 amide bonds. The fourth-order valence-corrected chi connectivity index (χ4v) is 4.18. The van der Waals surface area contributed by atoms with Crippen molar-refractivity contribution >= 4 is 11.8 Å². The van der Waals surface area contributed by atoms with Crippen molar-refractivity contribution in [3.8, 4) is 0 Å². The summed E-state index contributed by atoms with van der Waals surface area (Å²) in [6.07, 6.45) is 4.81. The van der Waals surface area contributed by atoms with Crippen LogP contribution in [0.4, 0.5) is 0 Å². The van der Waals surface area contributed by atoms with Gasteiger partial charge in [-0.1, -0.05) is 91.0 Å². The molecule has 182 valence electrons. The molecule has 4 rings (SSSR count). The minimum atomic E-state index is -0.641. The molecule has 0 unspecified atom stereocenters. The van der Waals surface area contributed by atoms with Gasteiger partial charge in [0.25, 0.3) is 0 Å². The van der Waals surface area contributed by atoms with Crippen LogP contribution >= 0.6 is 0 Å². The van der Waals surface area contributed by atoms with E-state index >= 15 is 0 Å². The Balaban J connectivity index is 1.59. The molecule has 5 heteroatoms. The zero-order valence-corrected chi connectivity index (χ0v) is 20.3. The Labute approximate surface area is 212 Å². The molecule has 0 saturated carbocycles. The van der Waals surface area contributed by atoms with Gasteiger partial charge < -0.3 is 10.2 Å². The maximum atomic E-state index is 13.7. The quantitative estimate of drug-likeness (QED) is 0.332. The number of hydrogen-bond acceptors (Lipinski definition) is 3. The number of benzene rings is 3. The van der Waals surface area contributed by atoms with E-state index < -0.39 is 6.04 Å². The van der Waals surface area contributed by atoms with Crippen LogP contribution in [0.15, 0.2) is 116 Å². The number of aromatic nitrogens is 1. The van der Waals surface area contributed by atoms with Crippen LogP contribution in [0, 0.1) is 0 Å². The van der Waals surface area contributed by atoms with Crippen molar-refractivity contribution in [2.45, 2.75) is 38.4 Å². The fourth-order valence-electron chi connectivity index (χ4n) is 4.18. The third kappa shape index (κ3) is 7.37. The molecule has 0 radical (unpaired) electrons. The molecule has 0 spiro atoms. The summed E-state index contributed by atoms with van der Waals surface area (Å²) in [7, 11) is 0. The highest BCUT2D eigenvalue weighted by Gasteiger charge is 2.30. The Bertz CT molecular complexity index is 1120. The van der Waals surface area contributed by atoms with Crippen LogP contribution in [-0.4, -0.2) is 27.7 Å². The van der Waals surface area contributed by atoms with Gasteiger partial charge in [-0.2, -0.15) is 0 Å². The highest BCUT2D eigenvalue weighted by atomic mass is 16.2. The minimum absolute atomic E-state index is 0.0392. The van der Waals surface area contributed by atoms with Crippen molar-refractivity contribution in [1.82, 2.24) is 15.2 Å². The highest BCUT2D eigenvalue weighted by molar-refractivity contribution is 5.88. The van der Waals surface area contributed by atoms with E-state index in [-0.39, 0.29) is 11.8 Å². The summed E-state index contributed by atoms with van der Waals surface area (Å²) < 4.78 is 0. The zero-order valence-electron chi connectivity index (χ0n) is 20.3. The first-order valence-electron chi connectivity index (χ1n) is 12.3. The lowest BCUT2D eigenvalue weighted by molar-refractivity contribution is -0.141. The summed E-state index contributed by atoms with van der Waals surface area (Å²) in [4.78, 5) is 33.1. The number of nitrogens with zero attached hydrogens (tertiary/aromatic N) is 2. The van der Waals surface area contributed by atoms with Crippen molar-refractivity contribution in [1.29, 1.82) is 0 Å². The molecule has 0 aliphatic heterocycles. The molecular formula is C31H31N3O2. The molecule has 3 aromatic carbocycles. The van der Waals surface area contributed by atoms with E-state index in [0.717, 1.165) is 22.3 Å². The summed E-state index contributed by atoms with van der Waals surface area (Å²) in [6.45, 7) is 0.749. The number of aryl methyl sites for hydroxylation is 1. The molecule has 0 saturated heterocycles. The van der Waals surface area contributed by atoms with E-state index in [9.17, 15) is 9.59 Å². The molecule has 1 N–H and O–H groups in total. The van der Waals surface area contributed by atoms with Crippen LogP contribution in [0.2, 0.25) is 0 Å². The molecule has 0 bridgehead atoms. The summed E-state index contributed by atoms with van der Waals surface area (Å²) >= 11 is 0. The summed E-state index contributed by atoms with van der Waals surface area (Å²) in [5, 5.41) is 3.05. The van der Waals surface area contributed by atoms with E-state index in [4.69, 9.17) is 0 Å². The zero-order chi connectivity index (χ0) is 25.0. The summed E-state index contributed by atoms with van der Waals surface area (Å²) in [5.41, 5.74) is 4.06. The lowest BCUT2D eigenvalue weighted by atomic mass is 10.0. The summed E-state index contributed by atoms with van der Waals surface area (Å²) in [6, 6.07) is 32.8. The van der Waals surface area contributed by atoms with Gasteiger partial charge in [0.05, 0.1) is 0 Å². The van der Waals surface area contributed by atoms with Crippen LogP contribution in [-0.2, 0) is 35.5 Å². The molecule has 0 aliphatic carbocycles. The predicted molar refractivity (Wildman–Crippen MR) is 142 cm³/mol. The van der Waals surface area contributed by atoms with Crippen molar-refractivity contribution in [2.75, 3.05) is 0 Å². The Morgan fingerprint density at radius 3 is 1.86 bits per heavy atom. The van der Waals surface area contributed by atoms with Crippen molar-refractivity contribution in [3.05, 3.63) is 138 Å². The van der Waals surface area contributed by atoms with Gasteiger partial charge in [0.2, 0.25) is 11.8 Å². The third-order valence-electron chi connectivity index (χ3n) is 6.15. The third-order valence-corrected chi connectivity index (χ3v) is 6.15. The molecule has 0 aliphatic rings. The Morgan fingerprint density at radius 1 is 0.694 bits per heavy atom. The van der Waals surface area contributed by atoms with E-state index in [0.29, 0.717) is 32.4 Å². The van der Waals surface area contributed by atoms with Gasteiger partial charge in [-0.3, -0.25) is 14.6 Å². The van der Waals surface area contributed by atoms with Crippen molar-refractivity contribution in [2.24, 2.45) is 0 Å². The van der Waals surface area contributed by atoms with Gasteiger partial charge in [-0.15, -0.1) is 0 Å². The van der Waals surface area contributed by atoms with Crippen molar-refractivity contribution < 1.29 is 9.59 Å². The van der Waals surface area contributed by atoms with Crippen LogP contribution in [0.1, 0.15) is 28.7 Å². The SMILES string of the molecule is O=C(NCc1ccncc1)[C@@H](Cc1ccccc1)N(Cc1ccccc1)C(=O)CCc1ccccc1. The fraction of sp³-hybridized carbons (Fsp3) is 0.194. The van der Waals surface area contributed by atoms with Crippen LogP contribution < -0.4 is 5.32 Å². The molecule has 1 heterocycles. The molecule has 36 heavy (non-hydrogen) atoms. The van der Waals surface area contributed by atoms with Gasteiger partial charge in [0.15, 0.2) is 0 Å². The largest absolute Gasteiger partial charge is 0.350 e. The monoisotopic (exact) mass is 477 g/mol. The average Bonchev–Trinajstić information content (AvgIpc) is 2.94. The number of nitrogens with one attached hydrogen (secondary N) is 1. The maximum Gasteiger partial charge on any atom is 0.243 e. The second kappa shape index (κ2) is 13.0. The topological polar surface area (TPSA) is 62.3 Å². The van der Waals surface area contributed by atoms with Gasteiger partial charge in [0.1, 0.15) is 6.04 Å². The lowest BCUT2D eigenvalue weighted by Gasteiger charge is -2.31. The molecule has 1 atom stereocenters. The minimum Gasteiger partial charge on any atom is -0.350 e. The van der Waals surface area contributed by atoms with Crippen LogP contribution in [0.3, 0.4) is 0 Å². The first-order valence-corrected chi connectivity index (χ1v) is 12.3. The molecule has 1 aromatic heterocycles. The first-order chi connectivity index (χ1) is 17.7. The van der Waals surface area contributed by atoms with Gasteiger partial charge in [-0.05, 0) is 40.8 Å². The number of carbonyl (C=O) groups is 2. The van der Waals surface area contributed by atoms with Gasteiger partial charge >= 0.3 is 0 Å². The first kappa shape index (κ1) is 24.9. The van der Waals surface area contributed by atoms with E-state index in [2.05, 4.69) is 10.3 Å². The predicted octanol–water partition coefficient (Wildman–Crippen LogP) is 4.97. The number of amides is 2. The normalized spacial score (nSPS) is 11.4. The van der Waals surface area contributed by atoms with Gasteiger partial charge in [-0.25, -0.2) is 0 Å². The second-order valence-electron chi connectivity index (χ2n) is 8.77. The second-order valence-corrected chi connectivity index (χ2v) is 8.77. The standard InChI is InChI=1S/C31H31N3O2/c35-30(17-16-25-10-4-1-5-11-25)34(24-28-14-8-3-9-15-28)29(22-26-12-6-2-7-13-26)31(36)33-23-27-18-20-32-21-19-27/h1-15,18-21,29H,16-17,22-24H2,(H,33,36)/t29-/m1/s1. The van der Waals surface area contributed by atoms with E-state index in [1.807, 2.05) is 103 Å². The molecular weight excluding hydrogens is 446 g/mol. The molecule has 0 fully saturated rings. The Morgan fingerprint density at radius 2 is 1.25 bits per heavy atom. The molecule has 4 aromatic rings. The Kier molecular flexibility index (Phi) is 8.98. The maximum absolute atomic E-state index is 13.7.